The Kier molecular flexibility index (Phi) is 3.28. The van der Waals surface area contributed by atoms with Crippen LogP contribution in [0.15, 0.2) is 30.6 Å². The molecule has 0 saturated carbocycles. The fraction of sp³-hybridized carbons (Fsp3) is 0.250. The number of hydrogen-bond donors (Lipinski definition) is 1. The minimum Gasteiger partial charge on any atom is -0.340 e. The molecule has 0 aliphatic heterocycles. The Morgan fingerprint density at radius 1 is 1.05 bits per heavy atom. The predicted octanol–water partition coefficient (Wildman–Crippen LogP) is 4.97. The quantitative estimate of drug-likeness (QED) is 0.725. The smallest absolute Gasteiger partial charge is 0.142 e. The van der Waals surface area contributed by atoms with E-state index in [0.29, 0.717) is 0 Å². The topological polar surface area (TPSA) is 37.8 Å². The molecule has 0 saturated heterocycles. The average Bonchev–Trinajstić information content (AvgIpc) is 2.89. The van der Waals surface area contributed by atoms with Crippen LogP contribution in [0.25, 0.3) is 10.2 Å². The average molecular weight is 316 g/mol. The maximum atomic E-state index is 5.94. The summed E-state index contributed by atoms with van der Waals surface area (Å²) in [5.41, 5.74) is 2.44. The molecule has 2 heterocycles. The van der Waals surface area contributed by atoms with Crippen molar-refractivity contribution in [1.82, 2.24) is 9.97 Å². The monoisotopic (exact) mass is 315 g/mol. The summed E-state index contributed by atoms with van der Waals surface area (Å²) in [5, 5.41) is 5.35. The molecule has 5 heteroatoms. The summed E-state index contributed by atoms with van der Waals surface area (Å²) in [6, 6.07) is 7.70. The number of thiophene rings is 1. The fourth-order valence-corrected chi connectivity index (χ4v) is 4.21. The Balaban J connectivity index is 1.81. The van der Waals surface area contributed by atoms with E-state index in [9.17, 15) is 0 Å². The van der Waals surface area contributed by atoms with Crippen molar-refractivity contribution >= 4 is 44.7 Å². The molecule has 106 valence electrons. The highest BCUT2D eigenvalue weighted by atomic mass is 35.5. The van der Waals surface area contributed by atoms with Gasteiger partial charge in [0.15, 0.2) is 0 Å². The molecule has 0 radical (unpaired) electrons. The summed E-state index contributed by atoms with van der Waals surface area (Å²) in [7, 11) is 0. The molecule has 0 spiro atoms. The summed E-state index contributed by atoms with van der Waals surface area (Å²) in [5.74, 6) is 0.904. The molecule has 0 amide bonds. The number of benzene rings is 1. The van der Waals surface area contributed by atoms with Crippen LogP contribution in [0.5, 0.6) is 0 Å². The molecule has 0 unspecified atom stereocenters. The summed E-state index contributed by atoms with van der Waals surface area (Å²) in [6.45, 7) is 0. The van der Waals surface area contributed by atoms with E-state index in [0.717, 1.165) is 27.8 Å². The molecule has 1 aliphatic rings. The fourth-order valence-electron chi connectivity index (χ4n) is 2.85. The summed E-state index contributed by atoms with van der Waals surface area (Å²) >= 11 is 7.75. The lowest BCUT2D eigenvalue weighted by Gasteiger charge is -2.12. The van der Waals surface area contributed by atoms with Crippen LogP contribution in [0.4, 0.5) is 11.5 Å². The molecule has 2 aromatic heterocycles. The van der Waals surface area contributed by atoms with E-state index in [1.54, 1.807) is 6.33 Å². The minimum absolute atomic E-state index is 0.737. The lowest BCUT2D eigenvalue weighted by atomic mass is 9.97. The molecule has 1 aliphatic carbocycles. The molecular weight excluding hydrogens is 302 g/mol. The molecule has 0 bridgehead atoms. The van der Waals surface area contributed by atoms with Gasteiger partial charge in [-0.2, -0.15) is 0 Å². The van der Waals surface area contributed by atoms with Crippen molar-refractivity contribution in [1.29, 1.82) is 0 Å². The first-order valence-corrected chi connectivity index (χ1v) is 8.28. The van der Waals surface area contributed by atoms with Gasteiger partial charge in [0, 0.05) is 15.6 Å². The number of anilines is 2. The van der Waals surface area contributed by atoms with Gasteiger partial charge in [0.05, 0.1) is 5.39 Å². The lowest BCUT2D eigenvalue weighted by molar-refractivity contribution is 0.700. The van der Waals surface area contributed by atoms with Gasteiger partial charge in [0.25, 0.3) is 0 Å². The van der Waals surface area contributed by atoms with Crippen molar-refractivity contribution in [2.45, 2.75) is 25.7 Å². The van der Waals surface area contributed by atoms with Gasteiger partial charge in [-0.1, -0.05) is 11.6 Å². The van der Waals surface area contributed by atoms with Crippen LogP contribution in [0.3, 0.4) is 0 Å². The first kappa shape index (κ1) is 13.0. The Bertz CT molecular complexity index is 795. The van der Waals surface area contributed by atoms with Crippen LogP contribution in [-0.2, 0) is 12.8 Å². The van der Waals surface area contributed by atoms with Gasteiger partial charge < -0.3 is 5.32 Å². The number of rotatable bonds is 2. The largest absolute Gasteiger partial charge is 0.340 e. The number of fused-ring (bicyclic) bond motifs is 3. The van der Waals surface area contributed by atoms with Crippen molar-refractivity contribution in [2.75, 3.05) is 5.32 Å². The van der Waals surface area contributed by atoms with Gasteiger partial charge in [0.2, 0.25) is 0 Å². The van der Waals surface area contributed by atoms with Crippen molar-refractivity contribution < 1.29 is 0 Å². The SMILES string of the molecule is Clc1ccc(Nc2ncnc3sc4c(c23)CCCC4)cc1. The number of nitrogens with zero attached hydrogens (tertiary/aromatic N) is 2. The van der Waals surface area contributed by atoms with Gasteiger partial charge in [-0.25, -0.2) is 9.97 Å². The van der Waals surface area contributed by atoms with Crippen LogP contribution < -0.4 is 5.32 Å². The van der Waals surface area contributed by atoms with Crippen LogP contribution >= 0.6 is 22.9 Å². The number of hydrogen-bond acceptors (Lipinski definition) is 4. The van der Waals surface area contributed by atoms with Gasteiger partial charge in [-0.3, -0.25) is 0 Å². The third kappa shape index (κ3) is 2.39. The number of halogens is 1. The minimum atomic E-state index is 0.737. The molecule has 1 aromatic carbocycles. The second-order valence-electron chi connectivity index (χ2n) is 5.25. The molecule has 0 atom stereocenters. The molecule has 3 aromatic rings. The zero-order chi connectivity index (χ0) is 14.2. The second-order valence-corrected chi connectivity index (χ2v) is 6.77. The molecule has 4 rings (SSSR count). The molecule has 3 nitrogen and oxygen atoms in total. The van der Waals surface area contributed by atoms with Crippen LogP contribution in [0.1, 0.15) is 23.3 Å². The summed E-state index contributed by atoms with van der Waals surface area (Å²) < 4.78 is 0. The zero-order valence-corrected chi connectivity index (χ0v) is 13.0. The Morgan fingerprint density at radius 3 is 2.71 bits per heavy atom. The molecule has 1 N–H and O–H groups in total. The van der Waals surface area contributed by atoms with E-state index >= 15 is 0 Å². The van der Waals surface area contributed by atoms with E-state index in [1.165, 1.54) is 35.1 Å². The molecule has 21 heavy (non-hydrogen) atoms. The van der Waals surface area contributed by atoms with Crippen molar-refractivity contribution in [3.05, 3.63) is 46.1 Å². The van der Waals surface area contributed by atoms with Gasteiger partial charge in [-0.15, -0.1) is 11.3 Å². The van der Waals surface area contributed by atoms with Crippen LogP contribution in [0, 0.1) is 0 Å². The lowest BCUT2D eigenvalue weighted by Crippen LogP contribution is -2.00. The number of aromatic nitrogens is 2. The maximum Gasteiger partial charge on any atom is 0.142 e. The normalized spacial score (nSPS) is 14.1. The van der Waals surface area contributed by atoms with Crippen LogP contribution in [0.2, 0.25) is 5.02 Å². The predicted molar refractivity (Wildman–Crippen MR) is 88.8 cm³/mol. The Morgan fingerprint density at radius 2 is 1.86 bits per heavy atom. The van der Waals surface area contributed by atoms with Gasteiger partial charge in [-0.05, 0) is 55.5 Å². The summed E-state index contributed by atoms with van der Waals surface area (Å²) in [6.07, 6.45) is 6.50. The van der Waals surface area contributed by atoms with E-state index in [-0.39, 0.29) is 0 Å². The van der Waals surface area contributed by atoms with Crippen molar-refractivity contribution in [3.8, 4) is 0 Å². The van der Waals surface area contributed by atoms with E-state index in [4.69, 9.17) is 11.6 Å². The first-order valence-electron chi connectivity index (χ1n) is 7.09. The zero-order valence-electron chi connectivity index (χ0n) is 11.4. The number of aryl methyl sites for hydroxylation is 2. The first-order chi connectivity index (χ1) is 10.3. The number of nitrogens with one attached hydrogen (secondary N) is 1. The highest BCUT2D eigenvalue weighted by Crippen LogP contribution is 2.38. The van der Waals surface area contributed by atoms with Crippen molar-refractivity contribution in [3.63, 3.8) is 0 Å². The maximum absolute atomic E-state index is 5.94. The van der Waals surface area contributed by atoms with E-state index in [1.807, 2.05) is 35.6 Å². The molecule has 0 fully saturated rings. The van der Waals surface area contributed by atoms with E-state index < -0.39 is 0 Å². The molecular formula is C16H14ClN3S. The third-order valence-corrected chi connectivity index (χ3v) is 5.31. The highest BCUT2D eigenvalue weighted by Gasteiger charge is 2.19. The third-order valence-electron chi connectivity index (χ3n) is 3.86. The second kappa shape index (κ2) is 5.28. The van der Waals surface area contributed by atoms with Gasteiger partial charge >= 0.3 is 0 Å². The van der Waals surface area contributed by atoms with E-state index in [2.05, 4.69) is 15.3 Å². The van der Waals surface area contributed by atoms with Crippen molar-refractivity contribution in [2.24, 2.45) is 0 Å². The van der Waals surface area contributed by atoms with Gasteiger partial charge in [0.1, 0.15) is 17.0 Å². The summed E-state index contributed by atoms with van der Waals surface area (Å²) in [4.78, 5) is 11.5. The standard InChI is InChI=1S/C16H14ClN3S/c17-10-5-7-11(8-6-10)20-15-14-12-3-1-2-4-13(12)21-16(14)19-9-18-15/h5-9H,1-4H2,(H,18,19,20). The Hall–Kier alpha value is -1.65. The van der Waals surface area contributed by atoms with Crippen LogP contribution in [-0.4, -0.2) is 9.97 Å². The highest BCUT2D eigenvalue weighted by molar-refractivity contribution is 7.19. The Labute approximate surface area is 132 Å².